The predicted octanol–water partition coefficient (Wildman–Crippen LogP) is -0.0620. The van der Waals surface area contributed by atoms with Gasteiger partial charge in [-0.2, -0.15) is 0 Å². The molecule has 8 heteroatoms. The smallest absolute Gasteiger partial charge is 0.255 e. The molecular weight excluding hydrogens is 334 g/mol. The monoisotopic (exact) mass is 363 g/mol. The Bertz CT molecular complexity index is 588. The minimum Gasteiger partial charge on any atom is -0.484 e. The number of morpholine rings is 1. The highest BCUT2D eigenvalue weighted by Gasteiger charge is 2.09. The first-order valence-electron chi connectivity index (χ1n) is 8.99. The van der Waals surface area contributed by atoms with Crippen LogP contribution in [0.4, 0.5) is 0 Å². The molecule has 0 aromatic heterocycles. The van der Waals surface area contributed by atoms with Crippen LogP contribution in [0.5, 0.6) is 5.75 Å². The van der Waals surface area contributed by atoms with E-state index < -0.39 is 5.91 Å². The van der Waals surface area contributed by atoms with Crippen molar-refractivity contribution in [2.75, 3.05) is 52.5 Å². The maximum absolute atomic E-state index is 10.8. The van der Waals surface area contributed by atoms with Crippen LogP contribution in [0.25, 0.3) is 0 Å². The zero-order valence-electron chi connectivity index (χ0n) is 15.4. The molecule has 1 heterocycles. The average molecular weight is 363 g/mol. The summed E-state index contributed by atoms with van der Waals surface area (Å²) in [6.45, 7) is 8.59. The van der Waals surface area contributed by atoms with Crippen molar-refractivity contribution in [3.8, 4) is 5.75 Å². The molecule has 0 atom stereocenters. The molecule has 1 aliphatic rings. The Balaban J connectivity index is 1.83. The number of hydrogen-bond donors (Lipinski definition) is 3. The Hall–Kier alpha value is -2.32. The van der Waals surface area contributed by atoms with Gasteiger partial charge >= 0.3 is 0 Å². The van der Waals surface area contributed by atoms with E-state index in [4.69, 9.17) is 15.2 Å². The number of benzene rings is 1. The molecule has 0 unspecified atom stereocenters. The van der Waals surface area contributed by atoms with Crippen LogP contribution in [0.3, 0.4) is 0 Å². The van der Waals surface area contributed by atoms with Crippen LogP contribution in [0.1, 0.15) is 12.5 Å². The number of primary amides is 1. The number of hydrogen-bond acceptors (Lipinski definition) is 5. The number of amides is 1. The van der Waals surface area contributed by atoms with Gasteiger partial charge in [0.05, 0.1) is 19.8 Å². The molecule has 0 spiro atoms. The molecule has 1 aromatic rings. The van der Waals surface area contributed by atoms with Crippen molar-refractivity contribution in [2.45, 2.75) is 13.5 Å². The lowest BCUT2D eigenvalue weighted by molar-refractivity contribution is -0.119. The molecule has 1 saturated heterocycles. The fourth-order valence-electron chi connectivity index (χ4n) is 2.56. The summed E-state index contributed by atoms with van der Waals surface area (Å²) < 4.78 is 10.7. The Kier molecular flexibility index (Phi) is 8.71. The molecule has 0 aliphatic carbocycles. The molecular formula is C18H29N5O3. The summed E-state index contributed by atoms with van der Waals surface area (Å²) in [5.74, 6) is 0.901. The van der Waals surface area contributed by atoms with Crippen LogP contribution in [-0.2, 0) is 16.1 Å². The molecule has 1 fully saturated rings. The summed E-state index contributed by atoms with van der Waals surface area (Å²) in [7, 11) is 0. The molecule has 4 N–H and O–H groups in total. The Morgan fingerprint density at radius 3 is 2.88 bits per heavy atom. The first kappa shape index (κ1) is 20.0. The topological polar surface area (TPSA) is 101 Å². The van der Waals surface area contributed by atoms with E-state index in [9.17, 15) is 4.79 Å². The van der Waals surface area contributed by atoms with E-state index in [-0.39, 0.29) is 6.61 Å². The predicted molar refractivity (Wildman–Crippen MR) is 101 cm³/mol. The largest absolute Gasteiger partial charge is 0.484 e. The fraction of sp³-hybridized carbons (Fsp3) is 0.556. The lowest BCUT2D eigenvalue weighted by Crippen LogP contribution is -2.44. The van der Waals surface area contributed by atoms with Crippen LogP contribution < -0.4 is 21.1 Å². The van der Waals surface area contributed by atoms with Crippen molar-refractivity contribution in [3.63, 3.8) is 0 Å². The molecule has 1 aromatic carbocycles. The van der Waals surface area contributed by atoms with E-state index in [2.05, 4.69) is 20.5 Å². The number of carbonyl (C=O) groups excluding carboxylic acids is 1. The normalized spacial score (nSPS) is 15.5. The Morgan fingerprint density at radius 2 is 2.15 bits per heavy atom. The van der Waals surface area contributed by atoms with Crippen LogP contribution in [-0.4, -0.2) is 69.3 Å². The standard InChI is InChI=1S/C18H29N5O3/c1-2-20-18(21-6-7-23-8-10-25-11-9-23)22-13-15-4-3-5-16(12-15)26-14-17(19)24/h3-5,12H,2,6-11,13-14H2,1H3,(H2,19,24)(H2,20,21,22). The third kappa shape index (κ3) is 7.71. The van der Waals surface area contributed by atoms with Crippen molar-refractivity contribution in [2.24, 2.45) is 10.7 Å². The second-order valence-electron chi connectivity index (χ2n) is 5.98. The van der Waals surface area contributed by atoms with Gasteiger partial charge in [0.15, 0.2) is 12.6 Å². The third-order valence-corrected chi connectivity index (χ3v) is 3.87. The summed E-state index contributed by atoms with van der Waals surface area (Å²) in [5.41, 5.74) is 6.10. The van der Waals surface area contributed by atoms with E-state index in [1.807, 2.05) is 25.1 Å². The summed E-state index contributed by atoms with van der Waals surface area (Å²) in [6, 6.07) is 7.50. The van der Waals surface area contributed by atoms with Gasteiger partial charge in [-0.1, -0.05) is 12.1 Å². The van der Waals surface area contributed by atoms with Crippen molar-refractivity contribution in [3.05, 3.63) is 29.8 Å². The van der Waals surface area contributed by atoms with Crippen molar-refractivity contribution in [1.29, 1.82) is 0 Å². The van der Waals surface area contributed by atoms with Gasteiger partial charge in [-0.25, -0.2) is 4.99 Å². The summed E-state index contributed by atoms with van der Waals surface area (Å²) in [4.78, 5) is 17.8. The summed E-state index contributed by atoms with van der Waals surface area (Å²) in [6.07, 6.45) is 0. The summed E-state index contributed by atoms with van der Waals surface area (Å²) in [5, 5.41) is 6.61. The van der Waals surface area contributed by atoms with E-state index in [0.717, 1.165) is 57.5 Å². The number of rotatable bonds is 9. The number of aliphatic imine (C=N–C) groups is 1. The second-order valence-corrected chi connectivity index (χ2v) is 5.98. The number of nitrogens with one attached hydrogen (secondary N) is 2. The van der Waals surface area contributed by atoms with Crippen LogP contribution in [0, 0.1) is 0 Å². The van der Waals surface area contributed by atoms with E-state index in [1.165, 1.54) is 0 Å². The maximum atomic E-state index is 10.8. The molecule has 0 radical (unpaired) electrons. The van der Waals surface area contributed by atoms with Crippen LogP contribution in [0.2, 0.25) is 0 Å². The minimum atomic E-state index is -0.493. The van der Waals surface area contributed by atoms with Gasteiger partial charge in [-0.15, -0.1) is 0 Å². The zero-order valence-corrected chi connectivity index (χ0v) is 15.4. The highest BCUT2D eigenvalue weighted by molar-refractivity contribution is 5.79. The molecule has 0 saturated carbocycles. The second kappa shape index (κ2) is 11.3. The molecule has 1 amide bonds. The Morgan fingerprint density at radius 1 is 1.35 bits per heavy atom. The number of nitrogens with zero attached hydrogens (tertiary/aromatic N) is 2. The zero-order chi connectivity index (χ0) is 18.6. The first-order chi connectivity index (χ1) is 12.7. The first-order valence-corrected chi connectivity index (χ1v) is 8.99. The lowest BCUT2D eigenvalue weighted by atomic mass is 10.2. The number of carbonyl (C=O) groups is 1. The van der Waals surface area contributed by atoms with E-state index in [0.29, 0.717) is 12.3 Å². The Labute approximate surface area is 154 Å². The molecule has 26 heavy (non-hydrogen) atoms. The molecule has 144 valence electrons. The van der Waals surface area contributed by atoms with Crippen molar-refractivity contribution < 1.29 is 14.3 Å². The van der Waals surface area contributed by atoms with E-state index >= 15 is 0 Å². The van der Waals surface area contributed by atoms with Crippen LogP contribution >= 0.6 is 0 Å². The summed E-state index contributed by atoms with van der Waals surface area (Å²) >= 11 is 0. The molecule has 2 rings (SSSR count). The fourth-order valence-corrected chi connectivity index (χ4v) is 2.56. The lowest BCUT2D eigenvalue weighted by Gasteiger charge is -2.26. The number of nitrogens with two attached hydrogens (primary N) is 1. The van der Waals surface area contributed by atoms with Gasteiger partial charge < -0.3 is 25.8 Å². The SMILES string of the molecule is CCNC(=NCc1cccc(OCC(N)=O)c1)NCCN1CCOCC1. The van der Waals surface area contributed by atoms with Gasteiger partial charge in [0.25, 0.3) is 5.91 Å². The number of guanidine groups is 1. The van der Waals surface area contributed by atoms with Gasteiger partial charge in [0, 0.05) is 32.7 Å². The molecule has 1 aliphatic heterocycles. The highest BCUT2D eigenvalue weighted by atomic mass is 16.5. The van der Waals surface area contributed by atoms with Crippen LogP contribution in [0.15, 0.2) is 29.3 Å². The van der Waals surface area contributed by atoms with Gasteiger partial charge in [-0.05, 0) is 24.6 Å². The number of ether oxygens (including phenoxy) is 2. The van der Waals surface area contributed by atoms with Crippen molar-refractivity contribution in [1.82, 2.24) is 15.5 Å². The van der Waals surface area contributed by atoms with Crippen molar-refractivity contribution >= 4 is 11.9 Å². The van der Waals surface area contributed by atoms with E-state index in [1.54, 1.807) is 6.07 Å². The molecule has 8 nitrogen and oxygen atoms in total. The van der Waals surface area contributed by atoms with Gasteiger partial charge in [0.2, 0.25) is 0 Å². The van der Waals surface area contributed by atoms with Gasteiger partial charge in [-0.3, -0.25) is 9.69 Å². The molecule has 0 bridgehead atoms. The maximum Gasteiger partial charge on any atom is 0.255 e. The third-order valence-electron chi connectivity index (χ3n) is 3.87. The minimum absolute atomic E-state index is 0.127. The van der Waals surface area contributed by atoms with Gasteiger partial charge in [0.1, 0.15) is 5.75 Å². The average Bonchev–Trinajstić information content (AvgIpc) is 2.65. The quantitative estimate of drug-likeness (QED) is 0.420. The highest BCUT2D eigenvalue weighted by Crippen LogP contribution is 2.13.